The first-order valence-electron chi connectivity index (χ1n) is 11.3. The van der Waals surface area contributed by atoms with Gasteiger partial charge in [0.1, 0.15) is 18.0 Å². The molecule has 4 aromatic rings. The van der Waals surface area contributed by atoms with Crippen LogP contribution < -0.4 is 10.1 Å². The van der Waals surface area contributed by atoms with Gasteiger partial charge in [0.05, 0.1) is 29.7 Å². The maximum absolute atomic E-state index is 12.0. The first-order valence-corrected chi connectivity index (χ1v) is 11.3. The Morgan fingerprint density at radius 2 is 2.03 bits per heavy atom. The van der Waals surface area contributed by atoms with Gasteiger partial charge in [-0.05, 0) is 43.2 Å². The van der Waals surface area contributed by atoms with Crippen LogP contribution in [0.2, 0.25) is 0 Å². The number of hydrogen-bond acceptors (Lipinski definition) is 7. The zero-order valence-corrected chi connectivity index (χ0v) is 19.0. The maximum Gasteiger partial charge on any atom is 0.245 e. The average Bonchev–Trinajstić information content (AvgIpc) is 3.32. The Morgan fingerprint density at radius 3 is 2.76 bits per heavy atom. The lowest BCUT2D eigenvalue weighted by atomic mass is 10.0. The van der Waals surface area contributed by atoms with Gasteiger partial charge in [-0.1, -0.05) is 6.58 Å². The lowest BCUT2D eigenvalue weighted by Crippen LogP contribution is -2.38. The summed E-state index contributed by atoms with van der Waals surface area (Å²) in [7, 11) is 1.65. The fourth-order valence-corrected chi connectivity index (χ4v) is 4.32. The monoisotopic (exact) mass is 461 g/mol. The third-order valence-electron chi connectivity index (χ3n) is 6.09. The van der Waals surface area contributed by atoms with E-state index in [1.54, 1.807) is 13.4 Å². The highest BCUT2D eigenvalue weighted by molar-refractivity contribution is 6.09. The summed E-state index contributed by atoms with van der Waals surface area (Å²) in [5.41, 5.74) is 2.43. The van der Waals surface area contributed by atoms with E-state index in [0.29, 0.717) is 32.1 Å². The molecule has 3 aromatic heterocycles. The number of likely N-dealkylation sites (tertiary alicyclic amines) is 1. The molecule has 176 valence electrons. The van der Waals surface area contributed by atoms with Crippen LogP contribution in [0.3, 0.4) is 0 Å². The van der Waals surface area contributed by atoms with E-state index in [4.69, 9.17) is 14.6 Å². The molecule has 1 saturated heterocycles. The fourth-order valence-electron chi connectivity index (χ4n) is 4.32. The van der Waals surface area contributed by atoms with Gasteiger partial charge < -0.3 is 24.7 Å². The number of methoxy groups -OCH3 is 1. The summed E-state index contributed by atoms with van der Waals surface area (Å²) in [6.07, 6.45) is 6.40. The second kappa shape index (κ2) is 9.52. The van der Waals surface area contributed by atoms with Crippen LogP contribution in [0.1, 0.15) is 18.9 Å². The SMILES string of the molecule is C=CC(=O)N1CCC(n2nc(Nc3ccc(OCCOC)cc3)c3cnc4[nH]cnc2c43)CC1. The van der Waals surface area contributed by atoms with Crippen LogP contribution >= 0.6 is 0 Å². The minimum atomic E-state index is -0.0325. The number of nitrogens with one attached hydrogen (secondary N) is 2. The lowest BCUT2D eigenvalue weighted by Gasteiger charge is -2.32. The van der Waals surface area contributed by atoms with Crippen LogP contribution in [-0.2, 0) is 9.53 Å². The Morgan fingerprint density at radius 1 is 1.24 bits per heavy atom. The number of anilines is 2. The molecule has 5 rings (SSSR count). The van der Waals surface area contributed by atoms with Crippen molar-refractivity contribution in [1.29, 1.82) is 0 Å². The third-order valence-corrected chi connectivity index (χ3v) is 6.09. The predicted octanol–water partition coefficient (Wildman–Crippen LogP) is 3.43. The third kappa shape index (κ3) is 4.19. The van der Waals surface area contributed by atoms with Gasteiger partial charge in [-0.2, -0.15) is 5.10 Å². The molecule has 1 fully saturated rings. The molecule has 0 aliphatic carbocycles. The van der Waals surface area contributed by atoms with Crippen molar-refractivity contribution in [2.24, 2.45) is 0 Å². The number of aromatic amines is 1. The number of carbonyl (C=O) groups is 1. The number of rotatable bonds is 8. The quantitative estimate of drug-likeness (QED) is 0.306. The molecule has 0 radical (unpaired) electrons. The van der Waals surface area contributed by atoms with Crippen molar-refractivity contribution in [3.63, 3.8) is 0 Å². The van der Waals surface area contributed by atoms with Crippen LogP contribution in [0, 0.1) is 0 Å². The Kier molecular flexibility index (Phi) is 6.13. The minimum absolute atomic E-state index is 0.0325. The molecule has 0 saturated carbocycles. The van der Waals surface area contributed by atoms with Crippen LogP contribution in [-0.4, -0.2) is 69.0 Å². The summed E-state index contributed by atoms with van der Waals surface area (Å²) in [4.78, 5) is 26.1. The van der Waals surface area contributed by atoms with E-state index in [0.717, 1.165) is 46.3 Å². The summed E-state index contributed by atoms with van der Waals surface area (Å²) >= 11 is 0. The molecule has 1 aliphatic heterocycles. The molecule has 4 heterocycles. The highest BCUT2D eigenvalue weighted by atomic mass is 16.5. The van der Waals surface area contributed by atoms with Crippen LogP contribution in [0.4, 0.5) is 11.5 Å². The number of benzene rings is 1. The zero-order valence-electron chi connectivity index (χ0n) is 19.0. The van der Waals surface area contributed by atoms with Crippen molar-refractivity contribution in [3.05, 3.63) is 49.4 Å². The van der Waals surface area contributed by atoms with Crippen LogP contribution in [0.15, 0.2) is 49.4 Å². The van der Waals surface area contributed by atoms with Crippen molar-refractivity contribution in [1.82, 2.24) is 29.6 Å². The molecule has 0 atom stereocenters. The zero-order chi connectivity index (χ0) is 23.5. The highest BCUT2D eigenvalue weighted by Crippen LogP contribution is 2.33. The number of H-pyrrole nitrogens is 1. The van der Waals surface area contributed by atoms with Gasteiger partial charge >= 0.3 is 0 Å². The molecule has 1 aromatic carbocycles. The average molecular weight is 462 g/mol. The smallest absolute Gasteiger partial charge is 0.245 e. The number of aromatic nitrogens is 5. The van der Waals surface area contributed by atoms with E-state index in [1.807, 2.05) is 40.0 Å². The first-order chi connectivity index (χ1) is 16.7. The summed E-state index contributed by atoms with van der Waals surface area (Å²) in [5.74, 6) is 1.45. The Balaban J connectivity index is 1.45. The molecule has 10 nitrogen and oxygen atoms in total. The van der Waals surface area contributed by atoms with Crippen molar-refractivity contribution in [2.45, 2.75) is 18.9 Å². The first kappa shape index (κ1) is 21.9. The number of nitrogens with zero attached hydrogens (tertiary/aromatic N) is 5. The summed E-state index contributed by atoms with van der Waals surface area (Å²) in [6, 6.07) is 7.84. The molecule has 0 spiro atoms. The Hall–Kier alpha value is -3.92. The molecule has 2 N–H and O–H groups in total. The van der Waals surface area contributed by atoms with Crippen molar-refractivity contribution < 1.29 is 14.3 Å². The predicted molar refractivity (Wildman–Crippen MR) is 129 cm³/mol. The number of hydrogen-bond donors (Lipinski definition) is 2. The van der Waals surface area contributed by atoms with E-state index in [-0.39, 0.29) is 11.9 Å². The topological polar surface area (TPSA) is 110 Å². The second-order valence-corrected chi connectivity index (χ2v) is 8.17. The van der Waals surface area contributed by atoms with Gasteiger partial charge in [-0.3, -0.25) is 4.79 Å². The Labute approximate surface area is 196 Å². The fraction of sp³-hybridized carbons (Fsp3) is 0.333. The number of piperidine rings is 1. The maximum atomic E-state index is 12.0. The number of amides is 1. The Bertz CT molecular complexity index is 1300. The van der Waals surface area contributed by atoms with Gasteiger partial charge in [-0.15, -0.1) is 0 Å². The summed E-state index contributed by atoms with van der Waals surface area (Å²) in [5, 5.41) is 10.2. The molecule has 1 amide bonds. The van der Waals surface area contributed by atoms with Crippen molar-refractivity contribution in [3.8, 4) is 5.75 Å². The largest absolute Gasteiger partial charge is 0.491 e. The molecular formula is C24H27N7O3. The van der Waals surface area contributed by atoms with Crippen molar-refractivity contribution in [2.75, 3.05) is 38.7 Å². The van der Waals surface area contributed by atoms with Gasteiger partial charge in [-0.25, -0.2) is 14.6 Å². The molecule has 0 unspecified atom stereocenters. The summed E-state index contributed by atoms with van der Waals surface area (Å²) in [6.45, 7) is 5.95. The van der Waals surface area contributed by atoms with Gasteiger partial charge in [0.15, 0.2) is 11.5 Å². The van der Waals surface area contributed by atoms with Crippen LogP contribution in [0.5, 0.6) is 5.75 Å². The standard InChI is InChI=1S/C24H27N7O3/c1-3-20(32)30-10-8-17(9-11-30)31-24-21-19(14-25-23(21)26-15-27-24)22(29-31)28-16-4-6-18(7-5-16)34-13-12-33-2/h3-7,14-15,17H,1,8-13H2,2H3,(H,28,29)(H,25,26,27). The van der Waals surface area contributed by atoms with Gasteiger partial charge in [0, 0.05) is 32.1 Å². The van der Waals surface area contributed by atoms with E-state index in [2.05, 4.69) is 26.8 Å². The second-order valence-electron chi connectivity index (χ2n) is 8.17. The molecule has 0 bridgehead atoms. The highest BCUT2D eigenvalue weighted by Gasteiger charge is 2.26. The normalized spacial score (nSPS) is 14.6. The molecular weight excluding hydrogens is 434 g/mol. The number of ether oxygens (including phenoxy) is 2. The summed E-state index contributed by atoms with van der Waals surface area (Å²) < 4.78 is 12.7. The van der Waals surface area contributed by atoms with Crippen molar-refractivity contribution >= 4 is 39.5 Å². The minimum Gasteiger partial charge on any atom is -0.491 e. The van der Waals surface area contributed by atoms with Gasteiger partial charge in [0.25, 0.3) is 0 Å². The van der Waals surface area contributed by atoms with E-state index in [9.17, 15) is 4.79 Å². The molecule has 10 heteroatoms. The van der Waals surface area contributed by atoms with Crippen LogP contribution in [0.25, 0.3) is 22.1 Å². The molecule has 1 aliphatic rings. The molecule has 34 heavy (non-hydrogen) atoms. The lowest BCUT2D eigenvalue weighted by molar-refractivity contribution is -0.127. The number of carbonyl (C=O) groups excluding carboxylic acids is 1. The van der Waals surface area contributed by atoms with E-state index < -0.39 is 0 Å². The van der Waals surface area contributed by atoms with E-state index >= 15 is 0 Å². The van der Waals surface area contributed by atoms with Gasteiger partial charge in [0.2, 0.25) is 5.91 Å². The van der Waals surface area contributed by atoms with E-state index in [1.165, 1.54) is 6.08 Å².